The van der Waals surface area contributed by atoms with Gasteiger partial charge >= 0.3 is 0 Å². The number of allylic oxidation sites excluding steroid dienone is 1. The first-order chi connectivity index (χ1) is 6.75. The minimum absolute atomic E-state index is 0.219. The number of unbranched alkanes of at least 4 members (excludes halogenated alkanes) is 1. The Kier molecular flexibility index (Phi) is 3.85. The smallest absolute Gasteiger partial charge is 0.258 e. The fourth-order valence-electron chi connectivity index (χ4n) is 1.34. The Balaban J connectivity index is 2.74. The number of hydrogen-bond donors (Lipinski definition) is 0. The monoisotopic (exact) mass is 191 g/mol. The van der Waals surface area contributed by atoms with Crippen LogP contribution < -0.4 is 0 Å². The predicted octanol–water partition coefficient (Wildman–Crippen LogP) is 3.10. The van der Waals surface area contributed by atoms with E-state index in [1.165, 1.54) is 0 Å². The number of nitro benzene ring substituents is 1. The summed E-state index contributed by atoms with van der Waals surface area (Å²) in [6.07, 6.45) is 4.37. The molecule has 0 N–H and O–H groups in total. The molecular formula is C11H13NO2. The van der Waals surface area contributed by atoms with Crippen molar-refractivity contribution in [3.63, 3.8) is 0 Å². The summed E-state index contributed by atoms with van der Waals surface area (Å²) < 4.78 is 0. The van der Waals surface area contributed by atoms with Gasteiger partial charge in [0, 0.05) is 11.6 Å². The second kappa shape index (κ2) is 5.17. The van der Waals surface area contributed by atoms with Crippen molar-refractivity contribution in [2.45, 2.75) is 19.3 Å². The van der Waals surface area contributed by atoms with Crippen LogP contribution in [0.3, 0.4) is 0 Å². The first kappa shape index (κ1) is 10.4. The van der Waals surface area contributed by atoms with Crippen LogP contribution in [-0.2, 0) is 6.42 Å². The van der Waals surface area contributed by atoms with Crippen molar-refractivity contribution < 1.29 is 4.92 Å². The van der Waals surface area contributed by atoms with E-state index < -0.39 is 0 Å². The highest BCUT2D eigenvalue weighted by atomic mass is 16.6. The number of nitro groups is 1. The SMILES string of the molecule is C=CCCCc1ccccc1[N+](=O)[O-]. The van der Waals surface area contributed by atoms with Crippen molar-refractivity contribution in [2.24, 2.45) is 0 Å². The third kappa shape index (κ3) is 2.69. The van der Waals surface area contributed by atoms with Crippen molar-refractivity contribution in [2.75, 3.05) is 0 Å². The van der Waals surface area contributed by atoms with Crippen LogP contribution >= 0.6 is 0 Å². The van der Waals surface area contributed by atoms with Crippen LogP contribution in [0, 0.1) is 10.1 Å². The van der Waals surface area contributed by atoms with Gasteiger partial charge in [-0.05, 0) is 19.3 Å². The van der Waals surface area contributed by atoms with Crippen molar-refractivity contribution in [3.05, 3.63) is 52.6 Å². The van der Waals surface area contributed by atoms with Crippen molar-refractivity contribution in [3.8, 4) is 0 Å². The minimum Gasteiger partial charge on any atom is -0.258 e. The molecule has 74 valence electrons. The second-order valence-electron chi connectivity index (χ2n) is 3.07. The lowest BCUT2D eigenvalue weighted by Gasteiger charge is -2.00. The predicted molar refractivity (Wildman–Crippen MR) is 56.2 cm³/mol. The summed E-state index contributed by atoms with van der Waals surface area (Å²) in [7, 11) is 0. The van der Waals surface area contributed by atoms with Gasteiger partial charge in [-0.15, -0.1) is 6.58 Å². The van der Waals surface area contributed by atoms with E-state index in [0.717, 1.165) is 24.8 Å². The standard InChI is InChI=1S/C11H13NO2/c1-2-3-4-7-10-8-5-6-9-11(10)12(13)14/h2,5-6,8-9H,1,3-4,7H2. The molecule has 0 aromatic heterocycles. The summed E-state index contributed by atoms with van der Waals surface area (Å²) in [5.41, 5.74) is 1.02. The fraction of sp³-hybridized carbons (Fsp3) is 0.273. The van der Waals surface area contributed by atoms with Crippen LogP contribution in [0.5, 0.6) is 0 Å². The molecule has 1 aromatic rings. The zero-order chi connectivity index (χ0) is 10.4. The highest BCUT2D eigenvalue weighted by Crippen LogP contribution is 2.19. The maximum atomic E-state index is 10.6. The summed E-state index contributed by atoms with van der Waals surface area (Å²) in [6.45, 7) is 3.62. The van der Waals surface area contributed by atoms with Crippen LogP contribution in [0.4, 0.5) is 5.69 Å². The van der Waals surface area contributed by atoms with Crippen LogP contribution in [0.2, 0.25) is 0 Å². The van der Waals surface area contributed by atoms with Gasteiger partial charge in [-0.1, -0.05) is 24.3 Å². The van der Waals surface area contributed by atoms with E-state index in [1.807, 2.05) is 12.1 Å². The number of rotatable bonds is 5. The zero-order valence-corrected chi connectivity index (χ0v) is 7.98. The molecule has 0 unspecified atom stereocenters. The second-order valence-corrected chi connectivity index (χ2v) is 3.07. The molecule has 3 heteroatoms. The summed E-state index contributed by atoms with van der Waals surface area (Å²) >= 11 is 0. The fourth-order valence-corrected chi connectivity index (χ4v) is 1.34. The average Bonchev–Trinajstić information content (AvgIpc) is 2.19. The maximum Gasteiger partial charge on any atom is 0.272 e. The van der Waals surface area contributed by atoms with E-state index in [4.69, 9.17) is 0 Å². The van der Waals surface area contributed by atoms with Gasteiger partial charge in [0.1, 0.15) is 0 Å². The molecule has 1 aromatic carbocycles. The topological polar surface area (TPSA) is 43.1 Å². The van der Waals surface area contributed by atoms with Gasteiger partial charge in [-0.3, -0.25) is 10.1 Å². The third-order valence-electron chi connectivity index (χ3n) is 2.04. The molecule has 0 fully saturated rings. The van der Waals surface area contributed by atoms with Crippen molar-refractivity contribution >= 4 is 5.69 Å². The lowest BCUT2D eigenvalue weighted by molar-refractivity contribution is -0.385. The van der Waals surface area contributed by atoms with Crippen LogP contribution in [0.25, 0.3) is 0 Å². The number of hydrogen-bond acceptors (Lipinski definition) is 2. The summed E-state index contributed by atoms with van der Waals surface area (Å²) in [4.78, 5) is 10.3. The quantitative estimate of drug-likeness (QED) is 0.310. The molecule has 3 nitrogen and oxygen atoms in total. The van der Waals surface area contributed by atoms with Crippen LogP contribution in [0.1, 0.15) is 18.4 Å². The van der Waals surface area contributed by atoms with Gasteiger partial charge in [0.15, 0.2) is 0 Å². The molecule has 1 rings (SSSR count). The van der Waals surface area contributed by atoms with E-state index in [2.05, 4.69) is 6.58 Å². The molecule has 0 heterocycles. The zero-order valence-electron chi connectivity index (χ0n) is 7.98. The largest absolute Gasteiger partial charge is 0.272 e. The lowest BCUT2D eigenvalue weighted by Crippen LogP contribution is -1.94. The molecule has 14 heavy (non-hydrogen) atoms. The molecular weight excluding hydrogens is 178 g/mol. The molecule has 0 radical (unpaired) electrons. The van der Waals surface area contributed by atoms with Gasteiger partial charge in [0.25, 0.3) is 5.69 Å². The number of nitrogens with zero attached hydrogens (tertiary/aromatic N) is 1. The van der Waals surface area contributed by atoms with Crippen molar-refractivity contribution in [1.82, 2.24) is 0 Å². The summed E-state index contributed by atoms with van der Waals surface area (Å²) in [5.74, 6) is 0. The molecule has 0 aliphatic heterocycles. The minimum atomic E-state index is -0.330. The summed E-state index contributed by atoms with van der Waals surface area (Å²) in [6, 6.07) is 6.87. The van der Waals surface area contributed by atoms with E-state index >= 15 is 0 Å². The Morgan fingerprint density at radius 3 is 2.79 bits per heavy atom. The molecule has 0 amide bonds. The Hall–Kier alpha value is -1.64. The molecule has 0 atom stereocenters. The first-order valence-corrected chi connectivity index (χ1v) is 4.59. The third-order valence-corrected chi connectivity index (χ3v) is 2.04. The van der Waals surface area contributed by atoms with Gasteiger partial charge in [-0.25, -0.2) is 0 Å². The van der Waals surface area contributed by atoms with E-state index in [1.54, 1.807) is 18.2 Å². The van der Waals surface area contributed by atoms with Gasteiger partial charge in [-0.2, -0.15) is 0 Å². The maximum absolute atomic E-state index is 10.6. The van der Waals surface area contributed by atoms with E-state index in [-0.39, 0.29) is 10.6 Å². The number of benzene rings is 1. The average molecular weight is 191 g/mol. The molecule has 0 saturated carbocycles. The molecule has 0 spiro atoms. The highest BCUT2D eigenvalue weighted by molar-refractivity contribution is 5.39. The Morgan fingerprint density at radius 1 is 1.43 bits per heavy atom. The first-order valence-electron chi connectivity index (χ1n) is 4.59. The molecule has 0 bridgehead atoms. The lowest BCUT2D eigenvalue weighted by atomic mass is 10.1. The van der Waals surface area contributed by atoms with E-state index in [0.29, 0.717) is 0 Å². The normalized spacial score (nSPS) is 9.71. The highest BCUT2D eigenvalue weighted by Gasteiger charge is 2.10. The van der Waals surface area contributed by atoms with Gasteiger partial charge in [0.2, 0.25) is 0 Å². The Morgan fingerprint density at radius 2 is 2.14 bits per heavy atom. The van der Waals surface area contributed by atoms with E-state index in [9.17, 15) is 10.1 Å². The van der Waals surface area contributed by atoms with Crippen LogP contribution in [-0.4, -0.2) is 4.92 Å². The number of para-hydroxylation sites is 1. The Bertz CT molecular complexity index is 334. The van der Waals surface area contributed by atoms with Gasteiger partial charge < -0.3 is 0 Å². The number of aryl methyl sites for hydroxylation is 1. The molecule has 0 aliphatic rings. The van der Waals surface area contributed by atoms with Crippen LogP contribution in [0.15, 0.2) is 36.9 Å². The Labute approximate surface area is 83.2 Å². The molecule has 0 saturated heterocycles. The molecule has 0 aliphatic carbocycles. The summed E-state index contributed by atoms with van der Waals surface area (Å²) in [5, 5.41) is 10.6. The van der Waals surface area contributed by atoms with Gasteiger partial charge in [0.05, 0.1) is 4.92 Å². The van der Waals surface area contributed by atoms with Crippen molar-refractivity contribution in [1.29, 1.82) is 0 Å².